The van der Waals surface area contributed by atoms with Crippen molar-refractivity contribution in [1.29, 1.82) is 0 Å². The maximum absolute atomic E-state index is 12.9. The van der Waals surface area contributed by atoms with Crippen LogP contribution < -0.4 is 5.32 Å². The van der Waals surface area contributed by atoms with Crippen LogP contribution in [0.2, 0.25) is 0 Å². The average molecular weight is 349 g/mol. The molecule has 1 aliphatic heterocycles. The van der Waals surface area contributed by atoms with Gasteiger partial charge in [0, 0.05) is 25.5 Å². The first-order valence-corrected chi connectivity index (χ1v) is 8.32. The van der Waals surface area contributed by atoms with Crippen LogP contribution in [0.15, 0.2) is 42.7 Å². The van der Waals surface area contributed by atoms with E-state index in [1.807, 2.05) is 48.5 Å². The second-order valence-electron chi connectivity index (χ2n) is 6.10. The molecule has 0 unspecified atom stereocenters. The van der Waals surface area contributed by atoms with Gasteiger partial charge in [0.2, 0.25) is 0 Å². The van der Waals surface area contributed by atoms with E-state index in [4.69, 9.17) is 0 Å². The number of rotatable bonds is 5. The Kier molecular flexibility index (Phi) is 6.82. The molecule has 0 radical (unpaired) electrons. The highest BCUT2D eigenvalue weighted by Gasteiger charge is 2.25. The summed E-state index contributed by atoms with van der Waals surface area (Å²) in [6, 6.07) is 9.57. The second kappa shape index (κ2) is 8.85. The van der Waals surface area contributed by atoms with E-state index in [1.54, 1.807) is 10.9 Å². The Morgan fingerprint density at radius 2 is 2.00 bits per heavy atom. The van der Waals surface area contributed by atoms with Crippen molar-refractivity contribution in [2.75, 3.05) is 26.7 Å². The van der Waals surface area contributed by atoms with Crippen LogP contribution in [0, 0.1) is 5.92 Å². The summed E-state index contributed by atoms with van der Waals surface area (Å²) < 4.78 is 1.76. The Morgan fingerprint density at radius 3 is 2.67 bits per heavy atom. The summed E-state index contributed by atoms with van der Waals surface area (Å²) in [6.07, 6.45) is 6.99. The largest absolute Gasteiger partial charge is 0.339 e. The number of hydrogen-bond donors (Lipinski definition) is 1. The quantitative estimate of drug-likeness (QED) is 0.903. The van der Waals surface area contributed by atoms with Gasteiger partial charge in [0.15, 0.2) is 0 Å². The molecule has 0 spiro atoms. The molecule has 6 heteroatoms. The maximum Gasteiger partial charge on any atom is 0.256 e. The van der Waals surface area contributed by atoms with Crippen LogP contribution in [0.5, 0.6) is 0 Å². The standard InChI is InChI=1S/C18H24N4O.ClH/c1-19-11-7-15-8-13-21(14-9-15)18(23)16-5-2-3-6-17(16)22-12-4-10-20-22;/h2-6,10,12,15,19H,7-9,11,13-14H2,1H3;1H. The van der Waals surface area contributed by atoms with Gasteiger partial charge in [-0.25, -0.2) is 4.68 Å². The number of hydrogen-bond acceptors (Lipinski definition) is 3. The zero-order valence-corrected chi connectivity index (χ0v) is 14.8. The van der Waals surface area contributed by atoms with Crippen LogP contribution in [0.1, 0.15) is 29.6 Å². The number of benzene rings is 1. The van der Waals surface area contributed by atoms with Crippen molar-refractivity contribution in [1.82, 2.24) is 20.0 Å². The lowest BCUT2D eigenvalue weighted by atomic mass is 9.93. The zero-order chi connectivity index (χ0) is 16.1. The zero-order valence-electron chi connectivity index (χ0n) is 14.0. The molecule has 1 aromatic heterocycles. The lowest BCUT2D eigenvalue weighted by Gasteiger charge is -2.32. The maximum atomic E-state index is 12.9. The molecule has 5 nitrogen and oxygen atoms in total. The molecule has 130 valence electrons. The molecule has 0 saturated carbocycles. The molecule has 1 saturated heterocycles. The van der Waals surface area contributed by atoms with Gasteiger partial charge in [-0.2, -0.15) is 5.10 Å². The third kappa shape index (κ3) is 4.16. The first kappa shape index (κ1) is 18.5. The molecule has 24 heavy (non-hydrogen) atoms. The van der Waals surface area contributed by atoms with E-state index in [9.17, 15) is 4.79 Å². The Bertz CT molecular complexity index is 636. The minimum atomic E-state index is 0. The van der Waals surface area contributed by atoms with E-state index in [1.165, 1.54) is 6.42 Å². The van der Waals surface area contributed by atoms with Crippen LogP contribution in [0.3, 0.4) is 0 Å². The van der Waals surface area contributed by atoms with Crippen LogP contribution in [-0.4, -0.2) is 47.3 Å². The lowest BCUT2D eigenvalue weighted by molar-refractivity contribution is 0.0687. The van der Waals surface area contributed by atoms with Gasteiger partial charge >= 0.3 is 0 Å². The molecular formula is C18H25ClN4O. The average Bonchev–Trinajstić information content (AvgIpc) is 3.14. The van der Waals surface area contributed by atoms with Crippen molar-refractivity contribution in [3.63, 3.8) is 0 Å². The molecule has 1 aromatic carbocycles. The minimum absolute atomic E-state index is 0. The number of aromatic nitrogens is 2. The summed E-state index contributed by atoms with van der Waals surface area (Å²) in [4.78, 5) is 14.9. The number of nitrogens with zero attached hydrogens (tertiary/aromatic N) is 3. The highest BCUT2D eigenvalue weighted by atomic mass is 35.5. The number of likely N-dealkylation sites (tertiary alicyclic amines) is 1. The summed E-state index contributed by atoms with van der Waals surface area (Å²) in [5.74, 6) is 0.844. The predicted molar refractivity (Wildman–Crippen MR) is 98.0 cm³/mol. The third-order valence-electron chi connectivity index (χ3n) is 4.59. The molecule has 0 atom stereocenters. The second-order valence-corrected chi connectivity index (χ2v) is 6.10. The fourth-order valence-electron chi connectivity index (χ4n) is 3.21. The predicted octanol–water partition coefficient (Wildman–Crippen LogP) is 2.76. The number of para-hydroxylation sites is 1. The molecule has 1 N–H and O–H groups in total. The van der Waals surface area contributed by atoms with Gasteiger partial charge in [0.1, 0.15) is 0 Å². The van der Waals surface area contributed by atoms with Gasteiger partial charge in [-0.1, -0.05) is 12.1 Å². The molecular weight excluding hydrogens is 324 g/mol. The molecule has 2 aromatic rings. The Labute approximate surface area is 149 Å². The molecule has 2 heterocycles. The van der Waals surface area contributed by atoms with Crippen molar-refractivity contribution in [3.8, 4) is 5.69 Å². The van der Waals surface area contributed by atoms with Gasteiger partial charge in [-0.05, 0) is 57.0 Å². The monoisotopic (exact) mass is 348 g/mol. The first-order valence-electron chi connectivity index (χ1n) is 8.32. The van der Waals surface area contributed by atoms with Crippen LogP contribution in [0.4, 0.5) is 0 Å². The van der Waals surface area contributed by atoms with Crippen molar-refractivity contribution >= 4 is 18.3 Å². The van der Waals surface area contributed by atoms with Crippen molar-refractivity contribution in [3.05, 3.63) is 48.3 Å². The van der Waals surface area contributed by atoms with Crippen molar-refractivity contribution in [2.45, 2.75) is 19.3 Å². The number of carbonyl (C=O) groups is 1. The number of piperidine rings is 1. The number of halogens is 1. The summed E-state index contributed by atoms with van der Waals surface area (Å²) in [5, 5.41) is 7.47. The number of amides is 1. The molecule has 3 rings (SSSR count). The Morgan fingerprint density at radius 1 is 1.25 bits per heavy atom. The van der Waals surface area contributed by atoms with Crippen LogP contribution in [0.25, 0.3) is 5.69 Å². The molecule has 1 fully saturated rings. The normalized spacial score (nSPS) is 15.1. The van der Waals surface area contributed by atoms with E-state index in [2.05, 4.69) is 10.4 Å². The Balaban J connectivity index is 0.00000208. The topological polar surface area (TPSA) is 50.2 Å². The SMILES string of the molecule is CNCCC1CCN(C(=O)c2ccccc2-n2cccn2)CC1.Cl. The lowest BCUT2D eigenvalue weighted by Crippen LogP contribution is -2.39. The van der Waals surface area contributed by atoms with Crippen LogP contribution in [-0.2, 0) is 0 Å². The number of carbonyl (C=O) groups excluding carboxylic acids is 1. The van der Waals surface area contributed by atoms with Gasteiger partial charge in [0.05, 0.1) is 11.3 Å². The molecule has 0 bridgehead atoms. The van der Waals surface area contributed by atoms with Gasteiger partial charge in [-0.3, -0.25) is 4.79 Å². The minimum Gasteiger partial charge on any atom is -0.339 e. The van der Waals surface area contributed by atoms with Gasteiger partial charge in [-0.15, -0.1) is 12.4 Å². The van der Waals surface area contributed by atoms with E-state index in [-0.39, 0.29) is 18.3 Å². The van der Waals surface area contributed by atoms with E-state index < -0.39 is 0 Å². The fraction of sp³-hybridized carbons (Fsp3) is 0.444. The highest BCUT2D eigenvalue weighted by molar-refractivity contribution is 5.97. The van der Waals surface area contributed by atoms with Gasteiger partial charge < -0.3 is 10.2 Å². The number of nitrogens with one attached hydrogen (secondary N) is 1. The molecule has 1 aliphatic rings. The fourth-order valence-corrected chi connectivity index (χ4v) is 3.21. The molecule has 0 aliphatic carbocycles. The summed E-state index contributed by atoms with van der Waals surface area (Å²) in [5.41, 5.74) is 1.57. The highest BCUT2D eigenvalue weighted by Crippen LogP contribution is 2.23. The van der Waals surface area contributed by atoms with E-state index in [0.29, 0.717) is 0 Å². The smallest absolute Gasteiger partial charge is 0.256 e. The summed E-state index contributed by atoms with van der Waals surface area (Å²) in [6.45, 7) is 2.75. The molecule has 1 amide bonds. The van der Waals surface area contributed by atoms with Crippen molar-refractivity contribution < 1.29 is 4.79 Å². The van der Waals surface area contributed by atoms with Crippen molar-refractivity contribution in [2.24, 2.45) is 5.92 Å². The summed E-state index contributed by atoms with van der Waals surface area (Å²) >= 11 is 0. The van der Waals surface area contributed by atoms with E-state index in [0.717, 1.165) is 49.6 Å². The van der Waals surface area contributed by atoms with Gasteiger partial charge in [0.25, 0.3) is 5.91 Å². The third-order valence-corrected chi connectivity index (χ3v) is 4.59. The van der Waals surface area contributed by atoms with E-state index >= 15 is 0 Å². The summed E-state index contributed by atoms with van der Waals surface area (Å²) in [7, 11) is 1.99. The van der Waals surface area contributed by atoms with Crippen LogP contribution >= 0.6 is 12.4 Å². The first-order chi connectivity index (χ1) is 11.3. The Hall–Kier alpha value is -1.85.